The number of carboxylic acid groups (broad SMARTS) is 1. The first-order valence-corrected chi connectivity index (χ1v) is 5.06. The van der Waals surface area contributed by atoms with Gasteiger partial charge in [0.05, 0.1) is 10.5 Å². The van der Waals surface area contributed by atoms with E-state index in [1.165, 1.54) is 12.1 Å². The van der Waals surface area contributed by atoms with E-state index < -0.39 is 10.9 Å². The highest BCUT2D eigenvalue weighted by molar-refractivity contribution is 9.10. The molecule has 84 valence electrons. The number of hydrogen-bond acceptors (Lipinski definition) is 3. The molecular weight excluding hydrogens is 278 g/mol. The van der Waals surface area contributed by atoms with Gasteiger partial charge in [-0.15, -0.1) is 0 Å². The van der Waals surface area contributed by atoms with Crippen molar-refractivity contribution in [1.82, 2.24) is 0 Å². The second-order valence-corrected chi connectivity index (χ2v) is 4.00. The summed E-state index contributed by atoms with van der Waals surface area (Å²) in [6, 6.07) is 3.03. The molecule has 0 aromatic heterocycles. The molecule has 0 bridgehead atoms. The van der Waals surface area contributed by atoms with Gasteiger partial charge in [-0.3, -0.25) is 10.1 Å². The van der Waals surface area contributed by atoms with Gasteiger partial charge in [0.1, 0.15) is 0 Å². The average Bonchev–Trinajstić information content (AvgIpc) is 2.14. The minimum atomic E-state index is -1.14. The van der Waals surface area contributed by atoms with Crippen LogP contribution in [0.2, 0.25) is 0 Å². The standard InChI is InChI=1S/C10H8BrNO4/c1-6-4-7(11)5-9(12(15)16)8(6)2-3-10(13)14/h2-5H,1H3,(H,13,14)/b3-2+. The van der Waals surface area contributed by atoms with E-state index in [9.17, 15) is 14.9 Å². The number of carbonyl (C=O) groups is 1. The van der Waals surface area contributed by atoms with Crippen LogP contribution in [0.5, 0.6) is 0 Å². The SMILES string of the molecule is Cc1cc(Br)cc([N+](=O)[O-])c1/C=C/C(=O)O. The van der Waals surface area contributed by atoms with Gasteiger partial charge >= 0.3 is 5.97 Å². The summed E-state index contributed by atoms with van der Waals surface area (Å²) in [5.74, 6) is -1.14. The molecule has 0 spiro atoms. The number of benzene rings is 1. The summed E-state index contributed by atoms with van der Waals surface area (Å²) in [6.45, 7) is 1.68. The first-order valence-electron chi connectivity index (χ1n) is 4.27. The summed E-state index contributed by atoms with van der Waals surface area (Å²) >= 11 is 3.15. The number of nitrogens with zero attached hydrogens (tertiary/aromatic N) is 1. The number of rotatable bonds is 3. The largest absolute Gasteiger partial charge is 0.478 e. The van der Waals surface area contributed by atoms with Crippen molar-refractivity contribution in [3.63, 3.8) is 0 Å². The molecule has 1 N–H and O–H groups in total. The molecule has 0 fully saturated rings. The van der Waals surface area contributed by atoms with Crippen molar-refractivity contribution in [2.75, 3.05) is 0 Å². The molecule has 0 aliphatic rings. The van der Waals surface area contributed by atoms with Crippen LogP contribution in [0.25, 0.3) is 6.08 Å². The zero-order valence-electron chi connectivity index (χ0n) is 8.31. The fourth-order valence-electron chi connectivity index (χ4n) is 1.26. The van der Waals surface area contributed by atoms with Gasteiger partial charge in [0.25, 0.3) is 5.69 Å². The normalized spacial score (nSPS) is 10.6. The van der Waals surface area contributed by atoms with Crippen LogP contribution in [0.4, 0.5) is 5.69 Å². The molecule has 1 aromatic rings. The summed E-state index contributed by atoms with van der Waals surface area (Å²) < 4.78 is 0.587. The van der Waals surface area contributed by atoms with E-state index in [-0.39, 0.29) is 5.69 Å². The Balaban J connectivity index is 3.35. The van der Waals surface area contributed by atoms with Crippen LogP contribution in [0.3, 0.4) is 0 Å². The van der Waals surface area contributed by atoms with Gasteiger partial charge < -0.3 is 5.11 Å². The monoisotopic (exact) mass is 285 g/mol. The molecule has 0 aliphatic carbocycles. The second-order valence-electron chi connectivity index (χ2n) is 3.08. The summed E-state index contributed by atoms with van der Waals surface area (Å²) in [4.78, 5) is 20.6. The molecular formula is C10H8BrNO4. The van der Waals surface area contributed by atoms with E-state index in [4.69, 9.17) is 5.11 Å². The maximum absolute atomic E-state index is 10.8. The number of nitro benzene ring substituents is 1. The van der Waals surface area contributed by atoms with Crippen molar-refractivity contribution in [2.24, 2.45) is 0 Å². The van der Waals surface area contributed by atoms with Crippen molar-refractivity contribution in [1.29, 1.82) is 0 Å². The number of nitro groups is 1. The van der Waals surface area contributed by atoms with Crippen LogP contribution >= 0.6 is 15.9 Å². The van der Waals surface area contributed by atoms with E-state index >= 15 is 0 Å². The van der Waals surface area contributed by atoms with Crippen LogP contribution in [-0.2, 0) is 4.79 Å². The van der Waals surface area contributed by atoms with Gasteiger partial charge in [0.2, 0.25) is 0 Å². The molecule has 0 amide bonds. The Morgan fingerprint density at radius 3 is 2.69 bits per heavy atom. The van der Waals surface area contributed by atoms with Crippen molar-refractivity contribution in [3.8, 4) is 0 Å². The molecule has 0 heterocycles. The Kier molecular flexibility index (Phi) is 3.78. The number of aliphatic carboxylic acids is 1. The molecule has 1 rings (SSSR count). The molecule has 0 aliphatic heterocycles. The maximum atomic E-state index is 10.8. The summed E-state index contributed by atoms with van der Waals surface area (Å²) in [7, 11) is 0. The van der Waals surface area contributed by atoms with Gasteiger partial charge in [-0.2, -0.15) is 0 Å². The van der Waals surface area contributed by atoms with Crippen LogP contribution in [0.15, 0.2) is 22.7 Å². The third-order valence-corrected chi connectivity index (χ3v) is 2.38. The molecule has 0 saturated heterocycles. The fourth-order valence-corrected chi connectivity index (χ4v) is 1.82. The van der Waals surface area contributed by atoms with Gasteiger partial charge in [-0.1, -0.05) is 15.9 Å². The van der Waals surface area contributed by atoms with Crippen molar-refractivity contribution < 1.29 is 14.8 Å². The molecule has 1 aromatic carbocycles. The Bertz CT molecular complexity index is 482. The highest BCUT2D eigenvalue weighted by Gasteiger charge is 2.15. The summed E-state index contributed by atoms with van der Waals surface area (Å²) in [5.41, 5.74) is 0.818. The number of halogens is 1. The van der Waals surface area contributed by atoms with Crippen molar-refractivity contribution in [3.05, 3.63) is 43.9 Å². The topological polar surface area (TPSA) is 80.4 Å². The van der Waals surface area contributed by atoms with Crippen LogP contribution in [0.1, 0.15) is 11.1 Å². The summed E-state index contributed by atoms with van der Waals surface area (Å²) in [6.07, 6.45) is 2.10. The van der Waals surface area contributed by atoms with Crippen molar-refractivity contribution in [2.45, 2.75) is 6.92 Å². The number of aryl methyl sites for hydroxylation is 1. The lowest BCUT2D eigenvalue weighted by Gasteiger charge is -2.02. The van der Waals surface area contributed by atoms with E-state index in [0.29, 0.717) is 15.6 Å². The second kappa shape index (κ2) is 4.89. The molecule has 0 saturated carbocycles. The maximum Gasteiger partial charge on any atom is 0.328 e. The van der Waals surface area contributed by atoms with Gasteiger partial charge in [0, 0.05) is 16.6 Å². The molecule has 5 nitrogen and oxygen atoms in total. The quantitative estimate of drug-likeness (QED) is 0.526. The van der Waals surface area contributed by atoms with Crippen molar-refractivity contribution >= 4 is 33.7 Å². The minimum Gasteiger partial charge on any atom is -0.478 e. The van der Waals surface area contributed by atoms with Gasteiger partial charge in [-0.25, -0.2) is 4.79 Å². The zero-order valence-corrected chi connectivity index (χ0v) is 9.89. The zero-order chi connectivity index (χ0) is 12.3. The van der Waals surface area contributed by atoms with E-state index in [1.54, 1.807) is 13.0 Å². The third-order valence-electron chi connectivity index (χ3n) is 1.92. The van der Waals surface area contributed by atoms with E-state index in [1.807, 2.05) is 0 Å². The minimum absolute atomic E-state index is 0.121. The molecule has 6 heteroatoms. The lowest BCUT2D eigenvalue weighted by molar-refractivity contribution is -0.385. The third kappa shape index (κ3) is 2.90. The van der Waals surface area contributed by atoms with Crippen LogP contribution in [-0.4, -0.2) is 16.0 Å². The van der Waals surface area contributed by atoms with E-state index in [0.717, 1.165) is 6.08 Å². The predicted octanol–water partition coefficient (Wildman–Crippen LogP) is 2.76. The predicted molar refractivity (Wildman–Crippen MR) is 62.2 cm³/mol. The first kappa shape index (κ1) is 12.4. The summed E-state index contributed by atoms with van der Waals surface area (Å²) in [5, 5.41) is 19.3. The van der Waals surface area contributed by atoms with Crippen LogP contribution < -0.4 is 0 Å². The Morgan fingerprint density at radius 1 is 1.56 bits per heavy atom. The highest BCUT2D eigenvalue weighted by Crippen LogP contribution is 2.28. The lowest BCUT2D eigenvalue weighted by Crippen LogP contribution is -1.95. The molecule has 0 radical (unpaired) electrons. The number of carboxylic acids is 1. The Labute approximate surface area is 99.7 Å². The lowest BCUT2D eigenvalue weighted by atomic mass is 10.1. The molecule has 0 atom stereocenters. The number of hydrogen-bond donors (Lipinski definition) is 1. The fraction of sp³-hybridized carbons (Fsp3) is 0.100. The highest BCUT2D eigenvalue weighted by atomic mass is 79.9. The van der Waals surface area contributed by atoms with Gasteiger partial charge in [-0.05, 0) is 24.6 Å². The Hall–Kier alpha value is -1.69. The van der Waals surface area contributed by atoms with Crippen LogP contribution in [0, 0.1) is 17.0 Å². The smallest absolute Gasteiger partial charge is 0.328 e. The van der Waals surface area contributed by atoms with E-state index in [2.05, 4.69) is 15.9 Å². The molecule has 16 heavy (non-hydrogen) atoms. The molecule has 0 unspecified atom stereocenters. The van der Waals surface area contributed by atoms with Gasteiger partial charge in [0.15, 0.2) is 0 Å². The first-order chi connectivity index (χ1) is 7.41. The average molecular weight is 286 g/mol. The Morgan fingerprint density at radius 2 is 2.19 bits per heavy atom.